The number of hydrogen-bond acceptors (Lipinski definition) is 7. The summed E-state index contributed by atoms with van der Waals surface area (Å²) in [6.45, 7) is 0.718. The summed E-state index contributed by atoms with van der Waals surface area (Å²) in [5, 5.41) is 33.4. The zero-order valence-corrected chi connectivity index (χ0v) is 18.0. The van der Waals surface area contributed by atoms with E-state index in [9.17, 15) is 24.9 Å². The molecule has 32 heavy (non-hydrogen) atoms. The number of aliphatic hydroxyl groups excluding tert-OH is 2. The Morgan fingerprint density at radius 3 is 2.38 bits per heavy atom. The van der Waals surface area contributed by atoms with Gasteiger partial charge in [0, 0.05) is 30.6 Å². The van der Waals surface area contributed by atoms with Crippen molar-refractivity contribution >= 4 is 23.2 Å². The lowest BCUT2D eigenvalue weighted by molar-refractivity contribution is -0.153. The van der Waals surface area contributed by atoms with Gasteiger partial charge in [-0.3, -0.25) is 9.59 Å². The first-order valence-corrected chi connectivity index (χ1v) is 10.9. The second-order valence-electron chi connectivity index (χ2n) is 7.60. The summed E-state index contributed by atoms with van der Waals surface area (Å²) < 4.78 is 0. The summed E-state index contributed by atoms with van der Waals surface area (Å²) in [4.78, 5) is 31.4. The predicted octanol–water partition coefficient (Wildman–Crippen LogP) is 1.32. The molecule has 0 aliphatic carbocycles. The fraction of sp³-hybridized carbons (Fsp3) is 0.261. The molecule has 1 aliphatic rings. The largest absolute Gasteiger partial charge is 0.508 e. The van der Waals surface area contributed by atoms with Gasteiger partial charge in [-0.05, 0) is 22.8 Å². The third-order valence-corrected chi connectivity index (χ3v) is 6.34. The van der Waals surface area contributed by atoms with Gasteiger partial charge < -0.3 is 25.5 Å². The van der Waals surface area contributed by atoms with E-state index >= 15 is 0 Å². The van der Waals surface area contributed by atoms with Crippen LogP contribution in [0.25, 0.3) is 0 Å². The summed E-state index contributed by atoms with van der Waals surface area (Å²) in [6.07, 6.45) is -1.56. The normalized spacial score (nSPS) is 14.6. The molecule has 1 unspecified atom stereocenters. The summed E-state index contributed by atoms with van der Waals surface area (Å²) in [7, 11) is 0. The van der Waals surface area contributed by atoms with E-state index < -0.39 is 24.0 Å². The van der Waals surface area contributed by atoms with Crippen LogP contribution in [0.3, 0.4) is 0 Å². The van der Waals surface area contributed by atoms with Crippen LogP contribution in [0.2, 0.25) is 0 Å². The van der Waals surface area contributed by atoms with Crippen molar-refractivity contribution in [1.29, 1.82) is 0 Å². The molecule has 2 heterocycles. The van der Waals surface area contributed by atoms with Gasteiger partial charge in [0.1, 0.15) is 10.8 Å². The monoisotopic (exact) mass is 453 g/mol. The van der Waals surface area contributed by atoms with Crippen LogP contribution in [0.1, 0.15) is 26.6 Å². The maximum atomic E-state index is 12.5. The number of phenols is 1. The number of aromatic hydroxyl groups is 1. The first-order chi connectivity index (χ1) is 15.4. The molecule has 166 valence electrons. The molecule has 3 aromatic rings. The van der Waals surface area contributed by atoms with Crippen molar-refractivity contribution in [3.05, 3.63) is 81.3 Å². The highest BCUT2D eigenvalue weighted by atomic mass is 32.1. The second kappa shape index (κ2) is 9.47. The number of hydrogen-bond donors (Lipinski definition) is 4. The number of nitrogens with zero attached hydrogens (tertiary/aromatic N) is 2. The van der Waals surface area contributed by atoms with Crippen molar-refractivity contribution < 1.29 is 24.9 Å². The number of aliphatic hydroxyl groups is 2. The quantitative estimate of drug-likeness (QED) is 0.428. The molecule has 0 fully saturated rings. The number of benzene rings is 2. The van der Waals surface area contributed by atoms with Gasteiger partial charge in [0.25, 0.3) is 11.8 Å². The number of fused-ring (bicyclic) bond motifs is 1. The van der Waals surface area contributed by atoms with Gasteiger partial charge >= 0.3 is 0 Å². The van der Waals surface area contributed by atoms with E-state index in [4.69, 9.17) is 0 Å². The number of nitrogens with one attached hydrogen (secondary N) is 1. The Kier molecular flexibility index (Phi) is 6.50. The Morgan fingerprint density at radius 2 is 1.69 bits per heavy atom. The van der Waals surface area contributed by atoms with Crippen LogP contribution in [0.4, 0.5) is 0 Å². The van der Waals surface area contributed by atoms with E-state index in [-0.39, 0.29) is 12.3 Å². The summed E-state index contributed by atoms with van der Waals surface area (Å²) in [5.41, 5.74) is 2.73. The highest BCUT2D eigenvalue weighted by molar-refractivity contribution is 7.11. The first kappa shape index (κ1) is 21.9. The molecule has 0 radical (unpaired) electrons. The molecule has 0 spiro atoms. The average molecular weight is 454 g/mol. The van der Waals surface area contributed by atoms with Crippen LogP contribution in [0.15, 0.2) is 54.7 Å². The van der Waals surface area contributed by atoms with Crippen molar-refractivity contribution in [3.63, 3.8) is 0 Å². The number of carbonyl (C=O) groups excluding carboxylic acids is 2. The number of thiazole rings is 1. The van der Waals surface area contributed by atoms with Crippen molar-refractivity contribution in [2.45, 2.75) is 38.3 Å². The zero-order chi connectivity index (χ0) is 22.7. The molecular formula is C23H23N3O5S. The lowest BCUT2D eigenvalue weighted by Gasteiger charge is -2.22. The van der Waals surface area contributed by atoms with E-state index in [2.05, 4.69) is 10.3 Å². The predicted molar refractivity (Wildman–Crippen MR) is 118 cm³/mol. The van der Waals surface area contributed by atoms with Crippen LogP contribution < -0.4 is 5.32 Å². The van der Waals surface area contributed by atoms with Crippen LogP contribution in [0, 0.1) is 0 Å². The zero-order valence-electron chi connectivity index (χ0n) is 17.1. The number of carbonyl (C=O) groups is 2. The van der Waals surface area contributed by atoms with Crippen LogP contribution in [-0.4, -0.2) is 49.2 Å². The molecule has 4 rings (SSSR count). The van der Waals surface area contributed by atoms with Gasteiger partial charge in [-0.2, -0.15) is 0 Å². The Bertz CT molecular complexity index is 1110. The van der Waals surface area contributed by atoms with E-state index in [1.807, 2.05) is 36.4 Å². The lowest BCUT2D eigenvalue weighted by atomic mass is 10.1. The minimum Gasteiger partial charge on any atom is -0.508 e. The molecule has 9 heteroatoms. The maximum Gasteiger partial charge on any atom is 0.255 e. The van der Waals surface area contributed by atoms with Gasteiger partial charge in [-0.25, -0.2) is 4.98 Å². The Morgan fingerprint density at radius 1 is 1.03 bits per heavy atom. The molecule has 0 saturated heterocycles. The van der Waals surface area contributed by atoms with Gasteiger partial charge in [0.05, 0.1) is 6.54 Å². The molecule has 8 nitrogen and oxygen atoms in total. The molecule has 1 aliphatic heterocycles. The molecular weight excluding hydrogens is 430 g/mol. The minimum atomic E-state index is -1.88. The topological polar surface area (TPSA) is 123 Å². The molecule has 2 atom stereocenters. The van der Waals surface area contributed by atoms with Crippen LogP contribution >= 0.6 is 11.3 Å². The first-order valence-electron chi connectivity index (χ1n) is 10.1. The average Bonchev–Trinajstić information content (AvgIpc) is 3.44. The van der Waals surface area contributed by atoms with Gasteiger partial charge in [-0.15, -0.1) is 11.3 Å². The maximum absolute atomic E-state index is 12.5. The number of amides is 2. The van der Waals surface area contributed by atoms with Crippen molar-refractivity contribution in [2.24, 2.45) is 0 Å². The standard InChI is InChI=1S/C23H23N3O5S/c27-18-8-4-3-5-14(18)9-17-10-24-19(32-17)11-25-22(30)20(28)21(29)23(31)26-12-15-6-1-2-7-16(15)13-26/h1-8,10,20-21,27-29H,9,11-13H2,(H,25,30)/t20-,21?/m1/s1. The smallest absolute Gasteiger partial charge is 0.255 e. The highest BCUT2D eigenvalue weighted by Gasteiger charge is 2.35. The molecule has 2 amide bonds. The molecule has 2 aromatic carbocycles. The van der Waals surface area contributed by atoms with E-state index in [1.54, 1.807) is 18.3 Å². The third-order valence-electron chi connectivity index (χ3n) is 5.34. The molecule has 0 bridgehead atoms. The highest BCUT2D eigenvalue weighted by Crippen LogP contribution is 2.24. The summed E-state index contributed by atoms with van der Waals surface area (Å²) in [5.74, 6) is -1.33. The van der Waals surface area contributed by atoms with Gasteiger partial charge in [0.15, 0.2) is 12.2 Å². The van der Waals surface area contributed by atoms with E-state index in [0.717, 1.165) is 21.6 Å². The van der Waals surface area contributed by atoms with Crippen molar-refractivity contribution in [1.82, 2.24) is 15.2 Å². The van der Waals surface area contributed by atoms with E-state index in [0.29, 0.717) is 24.5 Å². The molecule has 1 aromatic heterocycles. The number of aromatic nitrogens is 1. The Labute approximate surface area is 188 Å². The fourth-order valence-electron chi connectivity index (χ4n) is 3.58. The summed E-state index contributed by atoms with van der Waals surface area (Å²) >= 11 is 1.36. The number of phenolic OH excluding ortho intramolecular Hbond substituents is 1. The number of rotatable bonds is 7. The van der Waals surface area contributed by atoms with Gasteiger partial charge in [0.2, 0.25) is 0 Å². The van der Waals surface area contributed by atoms with Crippen molar-refractivity contribution in [2.75, 3.05) is 0 Å². The van der Waals surface area contributed by atoms with E-state index in [1.165, 1.54) is 16.2 Å². The Hall–Kier alpha value is -3.27. The molecule has 0 saturated carbocycles. The van der Waals surface area contributed by atoms with Crippen molar-refractivity contribution in [3.8, 4) is 5.75 Å². The minimum absolute atomic E-state index is 0.0530. The second-order valence-corrected chi connectivity index (χ2v) is 8.80. The summed E-state index contributed by atoms with van der Waals surface area (Å²) in [6, 6.07) is 14.6. The fourth-order valence-corrected chi connectivity index (χ4v) is 4.47. The van der Waals surface area contributed by atoms with Crippen LogP contribution in [0.5, 0.6) is 5.75 Å². The number of para-hydroxylation sites is 1. The van der Waals surface area contributed by atoms with Gasteiger partial charge in [-0.1, -0.05) is 42.5 Å². The SMILES string of the molecule is O=C(NCc1ncc(Cc2ccccc2O)s1)[C@H](O)C(O)C(=O)N1Cc2ccccc2C1. The van der Waals surface area contributed by atoms with Crippen LogP contribution in [-0.2, 0) is 35.6 Å². The molecule has 4 N–H and O–H groups in total. The Balaban J connectivity index is 1.29. The third kappa shape index (κ3) is 4.80. The lowest BCUT2D eigenvalue weighted by Crippen LogP contribution is -2.49.